The molecule has 0 aliphatic heterocycles. The molecule has 0 unspecified atom stereocenters. The summed E-state index contributed by atoms with van der Waals surface area (Å²) >= 11 is 1.31. The summed E-state index contributed by atoms with van der Waals surface area (Å²) in [5.41, 5.74) is 0.763. The monoisotopic (exact) mass is 387 g/mol. The van der Waals surface area contributed by atoms with Crippen LogP contribution >= 0.6 is 11.3 Å². The van der Waals surface area contributed by atoms with Gasteiger partial charge in [0.2, 0.25) is 0 Å². The number of benzene rings is 2. The van der Waals surface area contributed by atoms with Crippen LogP contribution in [-0.4, -0.2) is 29.1 Å². The molecule has 1 heterocycles. The van der Waals surface area contributed by atoms with Gasteiger partial charge in [0, 0.05) is 28.6 Å². The van der Waals surface area contributed by atoms with Gasteiger partial charge in [-0.25, -0.2) is 4.98 Å². The van der Waals surface area contributed by atoms with Gasteiger partial charge in [-0.05, 0) is 18.2 Å². The molecule has 3 rings (SSSR count). The van der Waals surface area contributed by atoms with Crippen LogP contribution in [0.1, 0.15) is 0 Å². The minimum Gasteiger partial charge on any atom is -0.493 e. The molecule has 0 amide bonds. The van der Waals surface area contributed by atoms with Gasteiger partial charge in [-0.1, -0.05) is 0 Å². The molecule has 0 aliphatic carbocycles. The number of ether oxygens (including phenoxy) is 2. The minimum atomic E-state index is -0.669. The van der Waals surface area contributed by atoms with Crippen LogP contribution in [0, 0.1) is 20.2 Å². The number of thiazole rings is 1. The zero-order valence-corrected chi connectivity index (χ0v) is 15.1. The third-order valence-corrected chi connectivity index (χ3v) is 4.65. The first-order valence-electron chi connectivity index (χ1n) is 7.55. The summed E-state index contributed by atoms with van der Waals surface area (Å²) in [4.78, 5) is 25.2. The second kappa shape index (κ2) is 7.38. The maximum atomic E-state index is 11.1. The Hall–Kier alpha value is -3.53. The van der Waals surface area contributed by atoms with Crippen LogP contribution < -0.4 is 9.47 Å². The predicted molar refractivity (Wildman–Crippen MR) is 99.4 cm³/mol. The molecule has 9 nitrogen and oxygen atoms in total. The molecule has 0 fully saturated rings. The molecule has 1 aromatic heterocycles. The highest BCUT2D eigenvalue weighted by Crippen LogP contribution is 2.36. The van der Waals surface area contributed by atoms with Crippen molar-refractivity contribution in [3.05, 3.63) is 62.0 Å². The molecular formula is C17H13N3O6S. The molecule has 0 atom stereocenters. The van der Waals surface area contributed by atoms with Crippen LogP contribution in [0.5, 0.6) is 11.5 Å². The Labute approximate surface area is 157 Å². The van der Waals surface area contributed by atoms with Crippen molar-refractivity contribution in [3.63, 3.8) is 0 Å². The van der Waals surface area contributed by atoms with Gasteiger partial charge in [0.05, 0.1) is 35.8 Å². The number of nitro benzene ring substituents is 2. The number of non-ortho nitro benzene ring substituents is 2. The maximum absolute atomic E-state index is 11.1. The van der Waals surface area contributed by atoms with E-state index in [-0.39, 0.29) is 11.4 Å². The van der Waals surface area contributed by atoms with Gasteiger partial charge in [-0.3, -0.25) is 20.2 Å². The zero-order chi connectivity index (χ0) is 19.6. The molecule has 0 bridgehead atoms. The first-order chi connectivity index (χ1) is 12.9. The Balaban J connectivity index is 2.03. The second-order valence-corrected chi connectivity index (χ2v) is 6.22. The lowest BCUT2D eigenvalue weighted by Crippen LogP contribution is -1.94. The lowest BCUT2D eigenvalue weighted by Gasteiger charge is -2.08. The third-order valence-electron chi connectivity index (χ3n) is 3.75. The van der Waals surface area contributed by atoms with E-state index in [0.29, 0.717) is 27.8 Å². The molecule has 0 N–H and O–H groups in total. The Kier molecular flexibility index (Phi) is 4.99. The van der Waals surface area contributed by atoms with Crippen molar-refractivity contribution in [3.8, 4) is 33.3 Å². The largest absolute Gasteiger partial charge is 0.493 e. The molecular weight excluding hydrogens is 374 g/mol. The van der Waals surface area contributed by atoms with Crippen LogP contribution in [0.15, 0.2) is 41.8 Å². The normalized spacial score (nSPS) is 10.4. The molecule has 0 saturated heterocycles. The third kappa shape index (κ3) is 3.70. The highest BCUT2D eigenvalue weighted by atomic mass is 32.1. The summed E-state index contributed by atoms with van der Waals surface area (Å²) in [7, 11) is 3.06. The maximum Gasteiger partial charge on any atom is 0.276 e. The SMILES string of the molecule is COc1ccc(-c2nc(-c3cc([N+](=O)[O-])cc([N+](=O)[O-])c3)cs2)cc1OC. The van der Waals surface area contributed by atoms with Crippen molar-refractivity contribution in [2.24, 2.45) is 0 Å². The first-order valence-corrected chi connectivity index (χ1v) is 8.43. The summed E-state index contributed by atoms with van der Waals surface area (Å²) in [5, 5.41) is 24.4. The first kappa shape index (κ1) is 18.3. The Bertz CT molecular complexity index is 1000. The second-order valence-electron chi connectivity index (χ2n) is 5.36. The van der Waals surface area contributed by atoms with Gasteiger partial charge >= 0.3 is 0 Å². The Morgan fingerprint density at radius 1 is 0.889 bits per heavy atom. The summed E-state index contributed by atoms with van der Waals surface area (Å²) in [6.07, 6.45) is 0. The van der Waals surface area contributed by atoms with Gasteiger partial charge in [0.25, 0.3) is 11.4 Å². The van der Waals surface area contributed by atoms with Crippen molar-refractivity contribution in [1.29, 1.82) is 0 Å². The van der Waals surface area contributed by atoms with Gasteiger partial charge < -0.3 is 9.47 Å². The zero-order valence-electron chi connectivity index (χ0n) is 14.2. The van der Waals surface area contributed by atoms with Gasteiger partial charge in [-0.2, -0.15) is 0 Å². The number of nitrogens with zero attached hydrogens (tertiary/aromatic N) is 3. The van der Waals surface area contributed by atoms with E-state index >= 15 is 0 Å². The average molecular weight is 387 g/mol. The van der Waals surface area contributed by atoms with E-state index in [1.54, 1.807) is 23.6 Å². The lowest BCUT2D eigenvalue weighted by atomic mass is 10.1. The Morgan fingerprint density at radius 2 is 1.52 bits per heavy atom. The molecule has 27 heavy (non-hydrogen) atoms. The van der Waals surface area contributed by atoms with E-state index < -0.39 is 9.85 Å². The van der Waals surface area contributed by atoms with Crippen molar-refractivity contribution in [1.82, 2.24) is 4.98 Å². The molecule has 10 heteroatoms. The average Bonchev–Trinajstić information content (AvgIpc) is 3.17. The van der Waals surface area contributed by atoms with Crippen LogP contribution in [-0.2, 0) is 0 Å². The van der Waals surface area contributed by atoms with Crippen molar-refractivity contribution >= 4 is 22.7 Å². The quantitative estimate of drug-likeness (QED) is 0.457. The van der Waals surface area contributed by atoms with Gasteiger partial charge in [0.1, 0.15) is 5.01 Å². The van der Waals surface area contributed by atoms with Gasteiger partial charge in [0.15, 0.2) is 11.5 Å². The van der Waals surface area contributed by atoms with E-state index in [1.165, 1.54) is 37.7 Å². The summed E-state index contributed by atoms with van der Waals surface area (Å²) in [5.74, 6) is 1.12. The minimum absolute atomic E-state index is 0.305. The van der Waals surface area contributed by atoms with Gasteiger partial charge in [-0.15, -0.1) is 11.3 Å². The van der Waals surface area contributed by atoms with E-state index in [2.05, 4.69) is 4.98 Å². The van der Waals surface area contributed by atoms with E-state index in [9.17, 15) is 20.2 Å². The topological polar surface area (TPSA) is 118 Å². The van der Waals surface area contributed by atoms with E-state index in [0.717, 1.165) is 11.6 Å². The molecule has 0 spiro atoms. The highest BCUT2D eigenvalue weighted by Gasteiger charge is 2.19. The summed E-state index contributed by atoms with van der Waals surface area (Å²) in [6.45, 7) is 0. The number of nitro groups is 2. The fourth-order valence-corrected chi connectivity index (χ4v) is 3.29. The highest BCUT2D eigenvalue weighted by molar-refractivity contribution is 7.13. The number of aromatic nitrogens is 1. The fraction of sp³-hybridized carbons (Fsp3) is 0.118. The smallest absolute Gasteiger partial charge is 0.276 e. The number of hydrogen-bond donors (Lipinski definition) is 0. The molecule has 0 aliphatic rings. The van der Waals surface area contributed by atoms with Crippen LogP contribution in [0.3, 0.4) is 0 Å². The number of rotatable bonds is 6. The fourth-order valence-electron chi connectivity index (χ4n) is 2.46. The molecule has 0 radical (unpaired) electrons. The van der Waals surface area contributed by atoms with E-state index in [1.807, 2.05) is 0 Å². The van der Waals surface area contributed by atoms with Crippen molar-refractivity contribution in [2.75, 3.05) is 14.2 Å². The molecule has 0 saturated carbocycles. The summed E-state index contributed by atoms with van der Waals surface area (Å²) in [6, 6.07) is 8.76. The van der Waals surface area contributed by atoms with Crippen LogP contribution in [0.2, 0.25) is 0 Å². The predicted octanol–water partition coefficient (Wildman–Crippen LogP) is 4.31. The molecule has 3 aromatic rings. The number of methoxy groups -OCH3 is 2. The van der Waals surface area contributed by atoms with E-state index in [4.69, 9.17) is 9.47 Å². The standard InChI is InChI=1S/C17H13N3O6S/c1-25-15-4-3-10(7-16(15)26-2)17-18-14(9-27-17)11-5-12(19(21)22)8-13(6-11)20(23)24/h3-9H,1-2H3. The van der Waals surface area contributed by atoms with Crippen LogP contribution in [0.4, 0.5) is 11.4 Å². The summed E-state index contributed by atoms with van der Waals surface area (Å²) < 4.78 is 10.5. The lowest BCUT2D eigenvalue weighted by molar-refractivity contribution is -0.394. The number of hydrogen-bond acceptors (Lipinski definition) is 8. The Morgan fingerprint density at radius 3 is 2.07 bits per heavy atom. The molecule has 138 valence electrons. The van der Waals surface area contributed by atoms with Crippen molar-refractivity contribution in [2.45, 2.75) is 0 Å². The van der Waals surface area contributed by atoms with Crippen molar-refractivity contribution < 1.29 is 19.3 Å². The molecule has 2 aromatic carbocycles. The van der Waals surface area contributed by atoms with Crippen LogP contribution in [0.25, 0.3) is 21.8 Å².